The average Bonchev–Trinajstić information content (AvgIpc) is 3.29. The van der Waals surface area contributed by atoms with Crippen LogP contribution in [0.15, 0.2) is 52.9 Å². The minimum absolute atomic E-state index is 0.106. The molecule has 2 heterocycles. The maximum absolute atomic E-state index is 13.2. The number of sulfonamides is 1. The summed E-state index contributed by atoms with van der Waals surface area (Å²) in [5, 5.41) is 4.20. The summed E-state index contributed by atoms with van der Waals surface area (Å²) in [5.74, 6) is 0.635. The number of hydrogen-bond acceptors (Lipinski definition) is 5. The van der Waals surface area contributed by atoms with E-state index in [1.807, 2.05) is 13.8 Å². The van der Waals surface area contributed by atoms with Crippen molar-refractivity contribution in [3.05, 3.63) is 70.1 Å². The van der Waals surface area contributed by atoms with Crippen LogP contribution in [0.2, 0.25) is 0 Å². The molecule has 1 fully saturated rings. The molecule has 0 aromatic heterocycles. The molecule has 3 amide bonds. The largest absolute Gasteiger partial charge is 0.351 e. The fourth-order valence-corrected chi connectivity index (χ4v) is 7.25. The zero-order valence-corrected chi connectivity index (χ0v) is 27.2. The van der Waals surface area contributed by atoms with Crippen LogP contribution in [-0.2, 0) is 21.2 Å². The molecule has 1 saturated heterocycles. The third-order valence-electron chi connectivity index (χ3n) is 8.86. The van der Waals surface area contributed by atoms with E-state index in [1.54, 1.807) is 25.3 Å². The van der Waals surface area contributed by atoms with E-state index in [4.69, 9.17) is 10.7 Å². The Hall–Kier alpha value is -3.50. The number of amides is 3. The number of amidine groups is 1. The van der Waals surface area contributed by atoms with Crippen molar-refractivity contribution in [1.29, 1.82) is 0 Å². The molecule has 1 spiro atoms. The molecule has 2 aromatic rings. The minimum Gasteiger partial charge on any atom is -0.351 e. The van der Waals surface area contributed by atoms with Gasteiger partial charge >= 0.3 is 6.03 Å². The molecule has 0 atom stereocenters. The number of aryl methyl sites for hydroxylation is 3. The second-order valence-corrected chi connectivity index (χ2v) is 14.0. The summed E-state index contributed by atoms with van der Waals surface area (Å²) in [4.78, 5) is 30.6. The lowest BCUT2D eigenvalue weighted by atomic mass is 9.89. The number of urea groups is 1. The smallest absolute Gasteiger partial charge is 0.318 e. The Morgan fingerprint density at radius 1 is 0.977 bits per heavy atom. The second-order valence-electron chi connectivity index (χ2n) is 12.1. The van der Waals surface area contributed by atoms with Gasteiger partial charge in [0.1, 0.15) is 11.4 Å². The minimum atomic E-state index is -3.69. The van der Waals surface area contributed by atoms with Crippen molar-refractivity contribution in [2.24, 2.45) is 10.7 Å². The van der Waals surface area contributed by atoms with E-state index in [2.05, 4.69) is 35.6 Å². The zero-order valence-electron chi connectivity index (χ0n) is 26.3. The van der Waals surface area contributed by atoms with Crippen molar-refractivity contribution < 1.29 is 18.0 Å². The maximum atomic E-state index is 13.2. The van der Waals surface area contributed by atoms with E-state index >= 15 is 0 Å². The van der Waals surface area contributed by atoms with E-state index in [9.17, 15) is 18.0 Å². The SMILES string of the molecule is Cc1cc(N(C)C(N)=O)cc(C)c1/C=C/S(=O)(=O)N1CCC2(CC1)N=C(CCCCCCCCCc1ccccc1)NC2=O. The molecule has 238 valence electrons. The van der Waals surface area contributed by atoms with Gasteiger partial charge in [0.25, 0.3) is 5.91 Å². The topological polar surface area (TPSA) is 125 Å². The van der Waals surface area contributed by atoms with Crippen LogP contribution in [0, 0.1) is 13.8 Å². The van der Waals surface area contributed by atoms with Gasteiger partial charge in [-0.05, 0) is 86.4 Å². The molecule has 0 radical (unpaired) electrons. The van der Waals surface area contributed by atoms with Crippen LogP contribution in [-0.4, -0.2) is 56.2 Å². The second kappa shape index (κ2) is 15.0. The van der Waals surface area contributed by atoms with Crippen LogP contribution in [0.1, 0.15) is 86.5 Å². The third-order valence-corrected chi connectivity index (χ3v) is 10.4. The van der Waals surface area contributed by atoms with E-state index < -0.39 is 21.6 Å². The number of nitrogens with zero attached hydrogens (tertiary/aromatic N) is 3. The summed E-state index contributed by atoms with van der Waals surface area (Å²) in [7, 11) is -2.10. The number of hydrogen-bond donors (Lipinski definition) is 2. The Kier molecular flexibility index (Phi) is 11.4. The van der Waals surface area contributed by atoms with Gasteiger partial charge in [-0.3, -0.25) is 14.7 Å². The highest BCUT2D eigenvalue weighted by molar-refractivity contribution is 7.92. The van der Waals surface area contributed by atoms with Crippen molar-refractivity contribution in [2.45, 2.75) is 90.0 Å². The van der Waals surface area contributed by atoms with Gasteiger partial charge in [-0.15, -0.1) is 0 Å². The summed E-state index contributed by atoms with van der Waals surface area (Å²) in [6, 6.07) is 13.7. The first-order valence-corrected chi connectivity index (χ1v) is 17.3. The van der Waals surface area contributed by atoms with Crippen LogP contribution in [0.5, 0.6) is 0 Å². The van der Waals surface area contributed by atoms with Gasteiger partial charge in [0.2, 0.25) is 10.0 Å². The lowest BCUT2D eigenvalue weighted by molar-refractivity contribution is -0.124. The maximum Gasteiger partial charge on any atom is 0.318 e. The Balaban J connectivity index is 1.21. The normalized spacial score (nSPS) is 16.8. The number of nitrogens with two attached hydrogens (primary N) is 1. The molecular weight excluding hydrogens is 574 g/mol. The van der Waals surface area contributed by atoms with E-state index in [0.717, 1.165) is 48.2 Å². The zero-order chi connectivity index (χ0) is 31.7. The first kappa shape index (κ1) is 33.4. The van der Waals surface area contributed by atoms with Crippen molar-refractivity contribution in [2.75, 3.05) is 25.0 Å². The quantitative estimate of drug-likeness (QED) is 0.257. The Labute approximate surface area is 262 Å². The number of piperidine rings is 1. The van der Waals surface area contributed by atoms with E-state index in [-0.39, 0.29) is 19.0 Å². The van der Waals surface area contributed by atoms with Crippen molar-refractivity contribution in [3.63, 3.8) is 0 Å². The van der Waals surface area contributed by atoms with Crippen molar-refractivity contribution >= 4 is 39.6 Å². The first-order chi connectivity index (χ1) is 21.0. The van der Waals surface area contributed by atoms with Crippen LogP contribution in [0.25, 0.3) is 6.08 Å². The number of carbonyl (C=O) groups excluding carboxylic acids is 2. The highest BCUT2D eigenvalue weighted by atomic mass is 32.2. The third kappa shape index (κ3) is 8.57. The number of aliphatic imine (C=N–C) groups is 1. The van der Waals surface area contributed by atoms with Crippen LogP contribution in [0.4, 0.5) is 10.5 Å². The molecule has 4 rings (SSSR count). The molecule has 2 aromatic carbocycles. The number of benzene rings is 2. The molecule has 44 heavy (non-hydrogen) atoms. The van der Waals surface area contributed by atoms with Crippen LogP contribution >= 0.6 is 0 Å². The number of carbonyl (C=O) groups is 2. The van der Waals surface area contributed by atoms with Crippen LogP contribution in [0.3, 0.4) is 0 Å². The molecule has 2 aliphatic rings. The lowest BCUT2D eigenvalue weighted by Gasteiger charge is -2.34. The summed E-state index contributed by atoms with van der Waals surface area (Å²) in [6.45, 7) is 4.21. The number of unbranched alkanes of at least 4 members (excludes halogenated alkanes) is 6. The molecule has 0 saturated carbocycles. The van der Waals surface area contributed by atoms with Crippen LogP contribution < -0.4 is 16.0 Å². The number of nitrogens with one attached hydrogen (secondary N) is 1. The summed E-state index contributed by atoms with van der Waals surface area (Å²) < 4.78 is 27.8. The summed E-state index contributed by atoms with van der Waals surface area (Å²) in [6.07, 6.45) is 12.5. The average molecular weight is 622 g/mol. The first-order valence-electron chi connectivity index (χ1n) is 15.8. The fraction of sp³-hybridized carbons (Fsp3) is 0.500. The lowest BCUT2D eigenvalue weighted by Crippen LogP contribution is -2.50. The van der Waals surface area contributed by atoms with Gasteiger partial charge in [-0.25, -0.2) is 13.2 Å². The van der Waals surface area contributed by atoms with Gasteiger partial charge in [-0.1, -0.05) is 62.4 Å². The van der Waals surface area contributed by atoms with Crippen molar-refractivity contribution in [3.8, 4) is 0 Å². The van der Waals surface area contributed by atoms with Crippen molar-refractivity contribution in [1.82, 2.24) is 9.62 Å². The monoisotopic (exact) mass is 621 g/mol. The highest BCUT2D eigenvalue weighted by Gasteiger charge is 2.46. The molecular formula is C34H47N5O4S. The molecule has 3 N–H and O–H groups in total. The molecule has 0 unspecified atom stereocenters. The summed E-state index contributed by atoms with van der Waals surface area (Å²) >= 11 is 0. The predicted molar refractivity (Wildman–Crippen MR) is 178 cm³/mol. The molecule has 0 aliphatic carbocycles. The highest BCUT2D eigenvalue weighted by Crippen LogP contribution is 2.32. The molecule has 2 aliphatic heterocycles. The summed E-state index contributed by atoms with van der Waals surface area (Å²) in [5.41, 5.74) is 9.02. The molecule has 0 bridgehead atoms. The standard InChI is InChI=1S/C34H47N5O4S/c1-26-24-29(38(3)33(35)41)25-27(2)30(26)18-23-44(42,43)39-21-19-34(20-22-39)32(40)36-31(37-34)17-13-8-6-4-5-7-10-14-28-15-11-9-12-16-28/h9,11-12,15-16,18,23-25H,4-8,10,13-14,17,19-22H2,1-3H3,(H2,35,41)(H,36,37,40)/b23-18+. The molecule has 10 heteroatoms. The molecule has 9 nitrogen and oxygen atoms in total. The van der Waals surface area contributed by atoms with Gasteiger partial charge in [0.15, 0.2) is 0 Å². The Bertz CT molecular complexity index is 1460. The predicted octanol–water partition coefficient (Wildman–Crippen LogP) is 5.85. The Morgan fingerprint density at radius 3 is 2.14 bits per heavy atom. The van der Waals surface area contributed by atoms with Gasteiger partial charge < -0.3 is 11.1 Å². The van der Waals surface area contributed by atoms with E-state index in [1.165, 1.54) is 52.3 Å². The van der Waals surface area contributed by atoms with Gasteiger partial charge in [0, 0.05) is 37.7 Å². The number of rotatable bonds is 14. The van der Waals surface area contributed by atoms with Gasteiger partial charge in [-0.2, -0.15) is 4.31 Å². The van der Waals surface area contributed by atoms with E-state index in [0.29, 0.717) is 18.5 Å². The number of primary amides is 1. The fourth-order valence-electron chi connectivity index (χ4n) is 6.08. The Morgan fingerprint density at radius 2 is 1.55 bits per heavy atom. The van der Waals surface area contributed by atoms with Gasteiger partial charge in [0.05, 0.1) is 0 Å². The number of anilines is 1.